The highest BCUT2D eigenvalue weighted by Crippen LogP contribution is 2.23. The predicted octanol–water partition coefficient (Wildman–Crippen LogP) is 6.42. The van der Waals surface area contributed by atoms with E-state index in [0.29, 0.717) is 23.7 Å². The molecule has 1 fully saturated rings. The summed E-state index contributed by atoms with van der Waals surface area (Å²) >= 11 is 6.16. The predicted molar refractivity (Wildman–Crippen MR) is 152 cm³/mol. The zero-order chi connectivity index (χ0) is 26.9. The SMILES string of the molecule is Cc1cccc(CN(C(=O)COc2ccc(Cl)c(C)c2)C(Cc2ccccc2)C(=O)NC2CCCCC2)c1. The summed E-state index contributed by atoms with van der Waals surface area (Å²) in [5, 5.41) is 3.92. The van der Waals surface area contributed by atoms with Gasteiger partial charge in [-0.25, -0.2) is 0 Å². The molecule has 0 saturated heterocycles. The van der Waals surface area contributed by atoms with Crippen LogP contribution in [-0.4, -0.2) is 35.4 Å². The van der Waals surface area contributed by atoms with E-state index in [9.17, 15) is 9.59 Å². The molecule has 0 spiro atoms. The van der Waals surface area contributed by atoms with Crippen molar-refractivity contribution >= 4 is 23.4 Å². The van der Waals surface area contributed by atoms with Crippen molar-refractivity contribution in [1.82, 2.24) is 10.2 Å². The third-order valence-corrected chi connectivity index (χ3v) is 7.57. The van der Waals surface area contributed by atoms with Crippen molar-refractivity contribution < 1.29 is 14.3 Å². The maximum atomic E-state index is 13.8. The molecule has 5 nitrogen and oxygen atoms in total. The first-order valence-electron chi connectivity index (χ1n) is 13.5. The Balaban J connectivity index is 1.61. The van der Waals surface area contributed by atoms with Crippen LogP contribution in [0, 0.1) is 13.8 Å². The van der Waals surface area contributed by atoms with Crippen molar-refractivity contribution in [2.24, 2.45) is 0 Å². The second kappa shape index (κ2) is 13.5. The van der Waals surface area contributed by atoms with Gasteiger partial charge in [-0.15, -0.1) is 0 Å². The molecule has 3 aromatic rings. The van der Waals surface area contributed by atoms with Gasteiger partial charge in [-0.2, -0.15) is 0 Å². The Morgan fingerprint density at radius 2 is 1.68 bits per heavy atom. The van der Waals surface area contributed by atoms with Crippen LogP contribution in [0.15, 0.2) is 72.8 Å². The van der Waals surface area contributed by atoms with Gasteiger partial charge in [0.25, 0.3) is 5.91 Å². The van der Waals surface area contributed by atoms with E-state index >= 15 is 0 Å². The maximum absolute atomic E-state index is 13.8. The van der Waals surface area contributed by atoms with Crippen LogP contribution in [-0.2, 0) is 22.6 Å². The van der Waals surface area contributed by atoms with Gasteiger partial charge in [-0.05, 0) is 61.6 Å². The second-order valence-electron chi connectivity index (χ2n) is 10.3. The Morgan fingerprint density at radius 1 is 0.947 bits per heavy atom. The van der Waals surface area contributed by atoms with Crippen LogP contribution < -0.4 is 10.1 Å². The smallest absolute Gasteiger partial charge is 0.261 e. The fourth-order valence-electron chi connectivity index (χ4n) is 5.04. The molecular formula is C32H37ClN2O3. The van der Waals surface area contributed by atoms with Crippen molar-refractivity contribution in [2.45, 2.75) is 71.0 Å². The van der Waals surface area contributed by atoms with Crippen LogP contribution in [0.5, 0.6) is 5.75 Å². The van der Waals surface area contributed by atoms with E-state index in [1.165, 1.54) is 6.42 Å². The first-order chi connectivity index (χ1) is 18.4. The molecule has 1 N–H and O–H groups in total. The van der Waals surface area contributed by atoms with Gasteiger partial charge in [0, 0.05) is 24.0 Å². The number of amides is 2. The molecule has 0 heterocycles. The summed E-state index contributed by atoms with van der Waals surface area (Å²) in [6.07, 6.45) is 5.84. The molecule has 38 heavy (non-hydrogen) atoms. The van der Waals surface area contributed by atoms with Gasteiger partial charge >= 0.3 is 0 Å². The van der Waals surface area contributed by atoms with Crippen LogP contribution in [0.1, 0.15) is 54.4 Å². The quantitative estimate of drug-likeness (QED) is 0.327. The third-order valence-electron chi connectivity index (χ3n) is 7.15. The number of benzene rings is 3. The largest absolute Gasteiger partial charge is 0.484 e. The van der Waals surface area contributed by atoms with Crippen LogP contribution in [0.3, 0.4) is 0 Å². The molecule has 0 aromatic heterocycles. The summed E-state index contributed by atoms with van der Waals surface area (Å²) < 4.78 is 5.89. The van der Waals surface area contributed by atoms with Crippen molar-refractivity contribution in [3.05, 3.63) is 100 Å². The molecule has 1 unspecified atom stereocenters. The fraction of sp³-hybridized carbons (Fsp3) is 0.375. The molecule has 3 aromatic carbocycles. The van der Waals surface area contributed by atoms with E-state index < -0.39 is 6.04 Å². The molecule has 0 bridgehead atoms. The van der Waals surface area contributed by atoms with Crippen molar-refractivity contribution in [3.8, 4) is 5.75 Å². The maximum Gasteiger partial charge on any atom is 0.261 e. The summed E-state index contributed by atoms with van der Waals surface area (Å²) in [6, 6.07) is 22.8. The molecule has 0 aliphatic heterocycles. The summed E-state index contributed by atoms with van der Waals surface area (Å²) in [5.41, 5.74) is 3.97. The Labute approximate surface area is 231 Å². The minimum Gasteiger partial charge on any atom is -0.484 e. The van der Waals surface area contributed by atoms with E-state index in [-0.39, 0.29) is 24.5 Å². The Bertz CT molecular complexity index is 1220. The minimum atomic E-state index is -0.664. The van der Waals surface area contributed by atoms with Gasteiger partial charge in [-0.1, -0.05) is 91.0 Å². The van der Waals surface area contributed by atoms with Gasteiger partial charge in [-0.3, -0.25) is 9.59 Å². The lowest BCUT2D eigenvalue weighted by Gasteiger charge is -2.33. The van der Waals surface area contributed by atoms with Gasteiger partial charge in [0.15, 0.2) is 6.61 Å². The monoisotopic (exact) mass is 532 g/mol. The van der Waals surface area contributed by atoms with Gasteiger partial charge < -0.3 is 15.0 Å². The van der Waals surface area contributed by atoms with Crippen molar-refractivity contribution in [2.75, 3.05) is 6.61 Å². The average Bonchev–Trinajstić information content (AvgIpc) is 2.92. The molecular weight excluding hydrogens is 496 g/mol. The number of nitrogens with zero attached hydrogens (tertiary/aromatic N) is 1. The van der Waals surface area contributed by atoms with E-state index in [2.05, 4.69) is 11.4 Å². The normalized spacial score (nSPS) is 14.5. The molecule has 200 valence electrons. The highest BCUT2D eigenvalue weighted by Gasteiger charge is 2.32. The molecule has 1 saturated carbocycles. The highest BCUT2D eigenvalue weighted by atomic mass is 35.5. The van der Waals surface area contributed by atoms with E-state index in [4.69, 9.17) is 16.3 Å². The fourth-order valence-corrected chi connectivity index (χ4v) is 5.16. The first kappa shape index (κ1) is 27.7. The van der Waals surface area contributed by atoms with Gasteiger partial charge in [0.1, 0.15) is 11.8 Å². The second-order valence-corrected chi connectivity index (χ2v) is 10.7. The highest BCUT2D eigenvalue weighted by molar-refractivity contribution is 6.31. The number of carbonyl (C=O) groups excluding carboxylic acids is 2. The summed E-state index contributed by atoms with van der Waals surface area (Å²) in [6.45, 7) is 4.07. The molecule has 4 rings (SSSR count). The van der Waals surface area contributed by atoms with Crippen LogP contribution in [0.25, 0.3) is 0 Å². The molecule has 1 aliphatic rings. The lowest BCUT2D eigenvalue weighted by atomic mass is 9.94. The molecule has 0 radical (unpaired) electrons. The van der Waals surface area contributed by atoms with Crippen LogP contribution >= 0.6 is 11.6 Å². The number of rotatable bonds is 10. The molecule has 1 atom stereocenters. The zero-order valence-electron chi connectivity index (χ0n) is 22.3. The first-order valence-corrected chi connectivity index (χ1v) is 13.8. The van der Waals surface area contributed by atoms with E-state index in [0.717, 1.165) is 47.9 Å². The molecule has 6 heteroatoms. The Hall–Kier alpha value is -3.31. The molecule has 2 amide bonds. The molecule has 1 aliphatic carbocycles. The van der Waals surface area contributed by atoms with Crippen LogP contribution in [0.2, 0.25) is 5.02 Å². The Kier molecular flexibility index (Phi) is 9.83. The number of nitrogens with one attached hydrogen (secondary N) is 1. The number of hydrogen-bond donors (Lipinski definition) is 1. The lowest BCUT2D eigenvalue weighted by molar-refractivity contribution is -0.143. The summed E-state index contributed by atoms with van der Waals surface area (Å²) in [7, 11) is 0. The summed E-state index contributed by atoms with van der Waals surface area (Å²) in [5.74, 6) is 0.227. The number of ether oxygens (including phenoxy) is 1. The number of carbonyl (C=O) groups is 2. The van der Waals surface area contributed by atoms with Crippen LogP contribution in [0.4, 0.5) is 0 Å². The zero-order valence-corrected chi connectivity index (χ0v) is 23.0. The number of aryl methyl sites for hydroxylation is 2. The minimum absolute atomic E-state index is 0.107. The Morgan fingerprint density at radius 3 is 2.39 bits per heavy atom. The lowest BCUT2D eigenvalue weighted by Crippen LogP contribution is -2.53. The summed E-state index contributed by atoms with van der Waals surface area (Å²) in [4.78, 5) is 29.3. The van der Waals surface area contributed by atoms with Gasteiger partial charge in [0.2, 0.25) is 5.91 Å². The number of hydrogen-bond acceptors (Lipinski definition) is 3. The number of halogens is 1. The third kappa shape index (κ3) is 7.84. The average molecular weight is 533 g/mol. The standard InChI is InChI=1S/C32H37ClN2O3/c1-23-10-9-13-26(18-23)21-35(31(36)22-38-28-16-17-29(33)24(2)19-28)30(20-25-11-5-3-6-12-25)32(37)34-27-14-7-4-8-15-27/h3,5-6,9-13,16-19,27,30H,4,7-8,14-15,20-22H2,1-2H3,(H,34,37). The van der Waals surface area contributed by atoms with E-state index in [1.807, 2.05) is 68.4 Å². The van der Waals surface area contributed by atoms with Crippen molar-refractivity contribution in [3.63, 3.8) is 0 Å². The van der Waals surface area contributed by atoms with Crippen molar-refractivity contribution in [1.29, 1.82) is 0 Å². The van der Waals surface area contributed by atoms with Gasteiger partial charge in [0.05, 0.1) is 0 Å². The topological polar surface area (TPSA) is 58.6 Å². The van der Waals surface area contributed by atoms with E-state index in [1.54, 1.807) is 17.0 Å².